The molecule has 0 amide bonds. The lowest BCUT2D eigenvalue weighted by molar-refractivity contribution is 1.28. The van der Waals surface area contributed by atoms with Crippen LogP contribution < -0.4 is 5.56 Å². The molecular formula is C17H9N5O. The number of nitrogens with zero attached hydrogens (tertiary/aromatic N) is 4. The van der Waals surface area contributed by atoms with Crippen LogP contribution in [0.15, 0.2) is 53.5 Å². The van der Waals surface area contributed by atoms with Gasteiger partial charge in [-0.3, -0.25) is 9.78 Å². The van der Waals surface area contributed by atoms with Crippen molar-refractivity contribution in [3.63, 3.8) is 0 Å². The summed E-state index contributed by atoms with van der Waals surface area (Å²) >= 11 is 0. The topological polar surface area (TPSA) is 84.4 Å². The molecule has 0 bridgehead atoms. The highest BCUT2D eigenvalue weighted by Crippen LogP contribution is 2.22. The molecule has 0 aliphatic carbocycles. The van der Waals surface area contributed by atoms with E-state index in [0.29, 0.717) is 11.0 Å². The highest BCUT2D eigenvalue weighted by Gasteiger charge is 2.07. The molecule has 108 valence electrons. The first-order valence-corrected chi connectivity index (χ1v) is 7.13. The Labute approximate surface area is 128 Å². The van der Waals surface area contributed by atoms with Gasteiger partial charge in [-0.15, -0.1) is 0 Å². The molecule has 0 fully saturated rings. The zero-order valence-electron chi connectivity index (χ0n) is 11.8. The number of hydrogen-bond donors (Lipinski definition) is 1. The van der Waals surface area contributed by atoms with Crippen molar-refractivity contribution in [3.8, 4) is 0 Å². The van der Waals surface area contributed by atoms with E-state index in [9.17, 15) is 4.79 Å². The van der Waals surface area contributed by atoms with Gasteiger partial charge in [0.1, 0.15) is 0 Å². The highest BCUT2D eigenvalue weighted by atomic mass is 16.1. The normalized spacial score (nSPS) is 11.7. The third kappa shape index (κ3) is 1.85. The number of pyridine rings is 5. The lowest BCUT2D eigenvalue weighted by atomic mass is 10.2. The second kappa shape index (κ2) is 4.30. The van der Waals surface area contributed by atoms with Crippen LogP contribution in [0.2, 0.25) is 0 Å². The van der Waals surface area contributed by atoms with Gasteiger partial charge in [-0.05, 0) is 36.4 Å². The Balaban J connectivity index is 1.92. The van der Waals surface area contributed by atoms with E-state index in [4.69, 9.17) is 0 Å². The number of hydrogen-bond acceptors (Lipinski definition) is 5. The van der Waals surface area contributed by atoms with E-state index in [1.807, 2.05) is 30.3 Å². The molecule has 6 heteroatoms. The van der Waals surface area contributed by atoms with Gasteiger partial charge in [-0.25, -0.2) is 15.0 Å². The van der Waals surface area contributed by atoms with Crippen molar-refractivity contribution in [2.24, 2.45) is 0 Å². The molecule has 5 aromatic rings. The highest BCUT2D eigenvalue weighted by molar-refractivity contribution is 5.97. The van der Waals surface area contributed by atoms with E-state index in [1.54, 1.807) is 12.3 Å². The first-order valence-electron chi connectivity index (χ1n) is 7.13. The second-order valence-corrected chi connectivity index (χ2v) is 5.34. The van der Waals surface area contributed by atoms with Crippen LogP contribution in [0.5, 0.6) is 0 Å². The van der Waals surface area contributed by atoms with Crippen molar-refractivity contribution in [3.05, 3.63) is 59.0 Å². The number of H-pyrrole nitrogens is 1. The fraction of sp³-hybridized carbons (Fsp3) is 0. The summed E-state index contributed by atoms with van der Waals surface area (Å²) < 4.78 is 0. The third-order valence-electron chi connectivity index (χ3n) is 3.82. The second-order valence-electron chi connectivity index (χ2n) is 5.34. The standard InChI is InChI=1S/C17H9N5O/c23-17-4-3-10-12(22-17)7-16-15(20-10)8-14-13(21-16)6-11-9(19-14)2-1-5-18-11/h1-8H,(H,22,23). The van der Waals surface area contributed by atoms with Crippen molar-refractivity contribution in [2.75, 3.05) is 0 Å². The fourth-order valence-electron chi connectivity index (χ4n) is 2.74. The van der Waals surface area contributed by atoms with Crippen molar-refractivity contribution >= 4 is 44.1 Å². The zero-order valence-corrected chi connectivity index (χ0v) is 11.8. The number of nitrogens with one attached hydrogen (secondary N) is 1. The molecule has 5 rings (SSSR count). The quantitative estimate of drug-likeness (QED) is 0.444. The summed E-state index contributed by atoms with van der Waals surface area (Å²) in [6, 6.07) is 12.6. The van der Waals surface area contributed by atoms with Gasteiger partial charge in [-0.1, -0.05) is 0 Å². The van der Waals surface area contributed by atoms with E-state index in [1.165, 1.54) is 6.07 Å². The average Bonchev–Trinajstić information content (AvgIpc) is 2.56. The van der Waals surface area contributed by atoms with Gasteiger partial charge in [-0.2, -0.15) is 0 Å². The lowest BCUT2D eigenvalue weighted by Crippen LogP contribution is -2.03. The molecule has 0 saturated heterocycles. The molecule has 0 aliphatic heterocycles. The van der Waals surface area contributed by atoms with Crippen molar-refractivity contribution in [2.45, 2.75) is 0 Å². The summed E-state index contributed by atoms with van der Waals surface area (Å²) in [7, 11) is 0. The van der Waals surface area contributed by atoms with E-state index in [0.717, 1.165) is 33.1 Å². The summed E-state index contributed by atoms with van der Waals surface area (Å²) in [6.07, 6.45) is 1.73. The molecule has 1 N–H and O–H groups in total. The minimum absolute atomic E-state index is 0.156. The molecule has 0 aliphatic rings. The van der Waals surface area contributed by atoms with Gasteiger partial charge in [0.15, 0.2) is 0 Å². The molecule has 0 aromatic carbocycles. The van der Waals surface area contributed by atoms with Crippen LogP contribution >= 0.6 is 0 Å². The molecule has 0 spiro atoms. The molecule has 0 saturated carbocycles. The van der Waals surface area contributed by atoms with Gasteiger partial charge in [0, 0.05) is 12.3 Å². The van der Waals surface area contributed by atoms with Crippen molar-refractivity contribution in [1.82, 2.24) is 24.9 Å². The van der Waals surface area contributed by atoms with Crippen molar-refractivity contribution in [1.29, 1.82) is 0 Å². The van der Waals surface area contributed by atoms with Crippen LogP contribution in [0.3, 0.4) is 0 Å². The number of fused-ring (bicyclic) bond motifs is 4. The Morgan fingerprint density at radius 3 is 2.26 bits per heavy atom. The first-order chi connectivity index (χ1) is 11.3. The van der Waals surface area contributed by atoms with Crippen LogP contribution in [-0.2, 0) is 0 Å². The molecule has 0 atom stereocenters. The molecule has 5 heterocycles. The van der Waals surface area contributed by atoms with E-state index >= 15 is 0 Å². The predicted molar refractivity (Wildman–Crippen MR) is 88.3 cm³/mol. The Bertz CT molecular complexity index is 1290. The van der Waals surface area contributed by atoms with Gasteiger partial charge in [0.25, 0.3) is 0 Å². The molecule has 0 radical (unpaired) electrons. The van der Waals surface area contributed by atoms with E-state index in [2.05, 4.69) is 24.9 Å². The number of aromatic nitrogens is 5. The Morgan fingerprint density at radius 1 is 0.696 bits per heavy atom. The summed E-state index contributed by atoms with van der Waals surface area (Å²) in [5.41, 5.74) is 5.84. The van der Waals surface area contributed by atoms with E-state index in [-0.39, 0.29) is 5.56 Å². The summed E-state index contributed by atoms with van der Waals surface area (Å²) in [4.78, 5) is 32.3. The van der Waals surface area contributed by atoms with Gasteiger partial charge in [0.2, 0.25) is 5.56 Å². The predicted octanol–water partition coefficient (Wildman–Crippen LogP) is 2.57. The maximum Gasteiger partial charge on any atom is 0.248 e. The maximum absolute atomic E-state index is 11.5. The number of aromatic amines is 1. The van der Waals surface area contributed by atoms with Gasteiger partial charge >= 0.3 is 0 Å². The third-order valence-corrected chi connectivity index (χ3v) is 3.82. The Morgan fingerprint density at radius 2 is 1.39 bits per heavy atom. The SMILES string of the molecule is O=c1ccc2nc3cc4nc5cccnc5cc4nc3cc2[nH]1. The zero-order chi connectivity index (χ0) is 15.4. The van der Waals surface area contributed by atoms with Crippen LogP contribution in [0.4, 0.5) is 0 Å². The van der Waals surface area contributed by atoms with Crippen LogP contribution in [0, 0.1) is 0 Å². The molecule has 0 unspecified atom stereocenters. The number of rotatable bonds is 0. The fourth-order valence-corrected chi connectivity index (χ4v) is 2.74. The average molecular weight is 299 g/mol. The molecule has 23 heavy (non-hydrogen) atoms. The first kappa shape index (κ1) is 12.2. The molecular weight excluding hydrogens is 290 g/mol. The summed E-state index contributed by atoms with van der Waals surface area (Å²) in [5, 5.41) is 0. The van der Waals surface area contributed by atoms with Gasteiger partial charge in [0.05, 0.1) is 44.1 Å². The minimum atomic E-state index is -0.156. The van der Waals surface area contributed by atoms with Crippen molar-refractivity contribution < 1.29 is 0 Å². The van der Waals surface area contributed by atoms with Crippen LogP contribution in [-0.4, -0.2) is 24.9 Å². The largest absolute Gasteiger partial charge is 0.321 e. The summed E-state index contributed by atoms with van der Waals surface area (Å²) in [5.74, 6) is 0. The van der Waals surface area contributed by atoms with E-state index < -0.39 is 0 Å². The maximum atomic E-state index is 11.5. The summed E-state index contributed by atoms with van der Waals surface area (Å²) in [6.45, 7) is 0. The van der Waals surface area contributed by atoms with Crippen LogP contribution in [0.1, 0.15) is 0 Å². The molecule has 6 nitrogen and oxygen atoms in total. The molecule has 5 aromatic heterocycles. The minimum Gasteiger partial charge on any atom is -0.321 e. The monoisotopic (exact) mass is 299 g/mol. The van der Waals surface area contributed by atoms with Gasteiger partial charge < -0.3 is 4.98 Å². The smallest absolute Gasteiger partial charge is 0.248 e. The lowest BCUT2D eigenvalue weighted by Gasteiger charge is -2.04. The Kier molecular flexibility index (Phi) is 2.27. The van der Waals surface area contributed by atoms with Crippen LogP contribution in [0.25, 0.3) is 44.1 Å². The Hall–Kier alpha value is -3.41.